The quantitative estimate of drug-likeness (QED) is 0.823. The van der Waals surface area contributed by atoms with Crippen molar-refractivity contribution in [2.75, 3.05) is 5.73 Å². The maximum Gasteiger partial charge on any atom is 0.268 e. The van der Waals surface area contributed by atoms with Crippen molar-refractivity contribution in [3.8, 4) is 29.3 Å². The van der Waals surface area contributed by atoms with E-state index in [-0.39, 0.29) is 0 Å². The van der Waals surface area contributed by atoms with Crippen LogP contribution in [0.5, 0.6) is 0 Å². The van der Waals surface area contributed by atoms with Crippen LogP contribution < -0.4 is 11.3 Å². The van der Waals surface area contributed by atoms with Gasteiger partial charge in [0.05, 0.1) is 11.1 Å². The molecule has 0 saturated heterocycles. The number of pyridine rings is 1. The Morgan fingerprint density at radius 3 is 2.18 bits per heavy atom. The van der Waals surface area contributed by atoms with Crippen LogP contribution in [0.1, 0.15) is 16.7 Å². The van der Waals surface area contributed by atoms with E-state index in [2.05, 4.69) is 4.98 Å². The van der Waals surface area contributed by atoms with Gasteiger partial charge < -0.3 is 10.7 Å². The average Bonchev–Trinajstić information content (AvgIpc) is 2.47. The highest BCUT2D eigenvalue weighted by molar-refractivity contribution is 5.81. The van der Waals surface area contributed by atoms with E-state index >= 15 is 0 Å². The first kappa shape index (κ1) is 14.7. The first-order valence-corrected chi connectivity index (χ1v) is 5.70. The number of anilines is 1. The van der Waals surface area contributed by atoms with Gasteiger partial charge in [-0.1, -0.05) is 0 Å². The van der Waals surface area contributed by atoms with Gasteiger partial charge in [0, 0.05) is 5.56 Å². The third-order valence-electron chi connectivity index (χ3n) is 2.93. The van der Waals surface area contributed by atoms with Crippen molar-refractivity contribution in [3.63, 3.8) is 0 Å². The molecule has 6 nitrogen and oxygen atoms in total. The minimum Gasteiger partial charge on any atom is -0.384 e. The van der Waals surface area contributed by atoms with Crippen molar-refractivity contribution in [3.05, 3.63) is 50.8 Å². The lowest BCUT2D eigenvalue weighted by Crippen LogP contribution is -2.17. The Labute approximate surface area is 122 Å². The van der Waals surface area contributed by atoms with Crippen molar-refractivity contribution in [2.24, 2.45) is 0 Å². The summed E-state index contributed by atoms with van der Waals surface area (Å²) in [7, 11) is 0. The van der Waals surface area contributed by atoms with Crippen LogP contribution in [-0.2, 0) is 0 Å². The van der Waals surface area contributed by atoms with Gasteiger partial charge in [-0.2, -0.15) is 15.8 Å². The molecule has 22 heavy (non-hydrogen) atoms. The molecular formula is C14H5F2N5O. The van der Waals surface area contributed by atoms with Gasteiger partial charge in [-0.05, 0) is 12.1 Å². The lowest BCUT2D eigenvalue weighted by atomic mass is 9.94. The summed E-state index contributed by atoms with van der Waals surface area (Å²) in [6, 6.07) is 6.30. The first-order chi connectivity index (χ1) is 10.5. The lowest BCUT2D eigenvalue weighted by molar-refractivity contribution is 0.587. The normalized spacial score (nSPS) is 9.59. The van der Waals surface area contributed by atoms with Crippen LogP contribution in [0, 0.1) is 45.6 Å². The third-order valence-corrected chi connectivity index (χ3v) is 2.93. The van der Waals surface area contributed by atoms with Crippen LogP contribution in [0.3, 0.4) is 0 Å². The van der Waals surface area contributed by atoms with Gasteiger partial charge in [0.1, 0.15) is 41.0 Å². The Balaban J connectivity index is 3.10. The molecule has 0 amide bonds. The molecule has 0 radical (unpaired) electrons. The second kappa shape index (κ2) is 5.35. The number of hydrogen-bond acceptors (Lipinski definition) is 5. The Hall–Kier alpha value is -3.70. The maximum absolute atomic E-state index is 14.3. The molecule has 3 N–H and O–H groups in total. The maximum atomic E-state index is 14.3. The lowest BCUT2D eigenvalue weighted by Gasteiger charge is -2.11. The van der Waals surface area contributed by atoms with Gasteiger partial charge in [-0.3, -0.25) is 4.79 Å². The number of H-pyrrole nitrogens is 1. The van der Waals surface area contributed by atoms with E-state index in [1.165, 1.54) is 12.1 Å². The number of nitrogen functional groups attached to an aromatic ring is 1. The molecule has 0 aliphatic heterocycles. The number of aromatic nitrogens is 1. The number of nitrogens with two attached hydrogens (primary N) is 1. The van der Waals surface area contributed by atoms with Gasteiger partial charge in [-0.25, -0.2) is 8.78 Å². The fourth-order valence-corrected chi connectivity index (χ4v) is 1.96. The largest absolute Gasteiger partial charge is 0.384 e. The first-order valence-electron chi connectivity index (χ1n) is 5.70. The van der Waals surface area contributed by atoms with Crippen LogP contribution in [0.2, 0.25) is 0 Å². The molecule has 0 bridgehead atoms. The number of halogens is 2. The molecule has 2 rings (SSSR count). The van der Waals surface area contributed by atoms with Crippen LogP contribution in [-0.4, -0.2) is 4.98 Å². The number of rotatable bonds is 1. The van der Waals surface area contributed by atoms with Gasteiger partial charge >= 0.3 is 0 Å². The standard InChI is InChI=1S/C14H5F2N5O/c15-9-2-1-6(3-17)12(16)11(9)10-7(4-18)13(20)21-14(22)8(10)5-19/h1-2H,(H3,20,21,22). The Morgan fingerprint density at radius 1 is 1.00 bits per heavy atom. The van der Waals surface area contributed by atoms with Crippen LogP contribution in [0.15, 0.2) is 16.9 Å². The second-order valence-electron chi connectivity index (χ2n) is 4.11. The molecule has 106 valence electrons. The van der Waals surface area contributed by atoms with Crippen LogP contribution in [0.4, 0.5) is 14.6 Å². The van der Waals surface area contributed by atoms with E-state index in [9.17, 15) is 13.6 Å². The Morgan fingerprint density at radius 2 is 1.64 bits per heavy atom. The number of benzene rings is 1. The van der Waals surface area contributed by atoms with E-state index in [0.717, 1.165) is 12.1 Å². The zero-order valence-electron chi connectivity index (χ0n) is 10.7. The highest BCUT2D eigenvalue weighted by atomic mass is 19.1. The number of nitriles is 3. The van der Waals surface area contributed by atoms with Crippen molar-refractivity contribution in [2.45, 2.75) is 0 Å². The van der Waals surface area contributed by atoms with Crippen molar-refractivity contribution >= 4 is 5.82 Å². The molecule has 0 aliphatic carbocycles. The molecule has 0 aliphatic rings. The predicted octanol–water partition coefficient (Wildman–Crippen LogP) is 1.52. The smallest absolute Gasteiger partial charge is 0.268 e. The van der Waals surface area contributed by atoms with E-state index < -0.39 is 50.8 Å². The van der Waals surface area contributed by atoms with Crippen molar-refractivity contribution in [1.82, 2.24) is 4.98 Å². The highest BCUT2D eigenvalue weighted by Gasteiger charge is 2.25. The van der Waals surface area contributed by atoms with E-state index in [1.54, 1.807) is 6.07 Å². The molecule has 2 aromatic rings. The van der Waals surface area contributed by atoms with E-state index in [1.807, 2.05) is 0 Å². The average molecular weight is 297 g/mol. The summed E-state index contributed by atoms with van der Waals surface area (Å²) in [6.45, 7) is 0. The molecule has 1 heterocycles. The minimum atomic E-state index is -1.28. The second-order valence-corrected chi connectivity index (χ2v) is 4.11. The summed E-state index contributed by atoms with van der Waals surface area (Å²) in [5, 5.41) is 27.0. The molecule has 1 aromatic heterocycles. The number of nitrogens with one attached hydrogen (secondary N) is 1. The van der Waals surface area contributed by atoms with Gasteiger partial charge in [0.2, 0.25) is 0 Å². The zero-order chi connectivity index (χ0) is 16.4. The zero-order valence-corrected chi connectivity index (χ0v) is 10.7. The molecule has 1 aromatic carbocycles. The van der Waals surface area contributed by atoms with Crippen LogP contribution >= 0.6 is 0 Å². The highest BCUT2D eigenvalue weighted by Crippen LogP contribution is 2.33. The van der Waals surface area contributed by atoms with Crippen molar-refractivity contribution < 1.29 is 8.78 Å². The SMILES string of the molecule is N#Cc1ccc(F)c(-c2c(C#N)c(N)[nH]c(=O)c2C#N)c1F. The number of hydrogen-bond donors (Lipinski definition) is 2. The molecule has 0 spiro atoms. The molecule has 0 fully saturated rings. The predicted molar refractivity (Wildman–Crippen MR) is 71.0 cm³/mol. The summed E-state index contributed by atoms with van der Waals surface area (Å²) in [6.07, 6.45) is 0. The summed E-state index contributed by atoms with van der Waals surface area (Å²) in [5.74, 6) is -2.84. The molecular weight excluding hydrogens is 292 g/mol. The summed E-state index contributed by atoms with van der Waals surface area (Å²) < 4.78 is 28.3. The Bertz CT molecular complexity index is 973. The molecule has 0 atom stereocenters. The summed E-state index contributed by atoms with van der Waals surface area (Å²) >= 11 is 0. The number of nitrogens with zero attached hydrogens (tertiary/aromatic N) is 3. The molecule has 8 heteroatoms. The van der Waals surface area contributed by atoms with E-state index in [0.29, 0.717) is 0 Å². The summed E-state index contributed by atoms with van der Waals surface area (Å²) in [5.41, 5.74) is 1.47. The fraction of sp³-hybridized carbons (Fsp3) is 0. The molecule has 0 unspecified atom stereocenters. The van der Waals surface area contributed by atoms with Crippen molar-refractivity contribution in [1.29, 1.82) is 15.8 Å². The summed E-state index contributed by atoms with van der Waals surface area (Å²) in [4.78, 5) is 13.8. The van der Waals surface area contributed by atoms with Gasteiger partial charge in [-0.15, -0.1) is 0 Å². The third kappa shape index (κ3) is 2.04. The Kier molecular flexibility index (Phi) is 3.58. The van der Waals surface area contributed by atoms with Crippen LogP contribution in [0.25, 0.3) is 11.1 Å². The van der Waals surface area contributed by atoms with Gasteiger partial charge in [0.15, 0.2) is 5.82 Å². The number of aromatic amines is 1. The molecule has 0 saturated carbocycles. The van der Waals surface area contributed by atoms with E-state index in [4.69, 9.17) is 21.5 Å². The minimum absolute atomic E-state index is 0.428. The topological polar surface area (TPSA) is 130 Å². The van der Waals surface area contributed by atoms with Gasteiger partial charge in [0.25, 0.3) is 5.56 Å². The monoisotopic (exact) mass is 297 g/mol. The fourth-order valence-electron chi connectivity index (χ4n) is 1.96.